The zero-order valence-corrected chi connectivity index (χ0v) is 10.4. The minimum atomic E-state index is -0.535. The van der Waals surface area contributed by atoms with Crippen molar-refractivity contribution in [1.82, 2.24) is 19.5 Å². The molecule has 10 nitrogen and oxygen atoms in total. The second kappa shape index (κ2) is 4.93. The number of hydrogen-bond acceptors (Lipinski definition) is 7. The van der Waals surface area contributed by atoms with Gasteiger partial charge in [-0.15, -0.1) is 0 Å². The van der Waals surface area contributed by atoms with Gasteiger partial charge in [-0.1, -0.05) is 5.11 Å². The first kappa shape index (κ1) is 12.6. The molecule has 0 saturated carbocycles. The summed E-state index contributed by atoms with van der Waals surface area (Å²) in [7, 11) is 0. The van der Waals surface area contributed by atoms with E-state index < -0.39 is 18.4 Å². The molecule has 104 valence electrons. The van der Waals surface area contributed by atoms with Crippen LogP contribution in [0.15, 0.2) is 17.8 Å². The standard InChI is InChI=1S/C10H12N8O2/c11-9-8-10(14-3-13-9)18(4-15-8)7-1-5(16-17-12)6(2-19)20-7/h3-7,19H,1-2H2,(H2,11,13,14)/t5-,6+,7+/m0/s1. The van der Waals surface area contributed by atoms with Crippen molar-refractivity contribution in [3.63, 3.8) is 0 Å². The number of hydrogen-bond donors (Lipinski definition) is 2. The van der Waals surface area contributed by atoms with Crippen LogP contribution >= 0.6 is 0 Å². The highest BCUT2D eigenvalue weighted by atomic mass is 16.5. The van der Waals surface area contributed by atoms with Gasteiger partial charge in [-0.25, -0.2) is 15.0 Å². The second-order valence-electron chi connectivity index (χ2n) is 4.40. The maximum absolute atomic E-state index is 9.26. The number of nitrogen functional groups attached to an aromatic ring is 1. The Hall–Kier alpha value is -2.42. The molecule has 10 heteroatoms. The van der Waals surface area contributed by atoms with E-state index in [1.807, 2.05) is 0 Å². The predicted molar refractivity (Wildman–Crippen MR) is 68.3 cm³/mol. The lowest BCUT2D eigenvalue weighted by atomic mass is 10.1. The molecular weight excluding hydrogens is 264 g/mol. The Labute approximate surface area is 112 Å². The van der Waals surface area contributed by atoms with E-state index in [2.05, 4.69) is 25.0 Å². The fourth-order valence-electron chi connectivity index (χ4n) is 2.32. The Morgan fingerprint density at radius 3 is 3.15 bits per heavy atom. The van der Waals surface area contributed by atoms with Crippen molar-refractivity contribution in [2.24, 2.45) is 5.11 Å². The normalized spacial score (nSPS) is 25.8. The summed E-state index contributed by atoms with van der Waals surface area (Å²) < 4.78 is 7.37. The number of nitrogens with two attached hydrogens (primary N) is 1. The highest BCUT2D eigenvalue weighted by Crippen LogP contribution is 2.32. The van der Waals surface area contributed by atoms with Gasteiger partial charge < -0.3 is 15.6 Å². The molecule has 1 aliphatic rings. The van der Waals surface area contributed by atoms with Gasteiger partial charge in [-0.2, -0.15) is 0 Å². The van der Waals surface area contributed by atoms with Crippen LogP contribution < -0.4 is 5.73 Å². The molecule has 0 unspecified atom stereocenters. The molecule has 0 bridgehead atoms. The van der Waals surface area contributed by atoms with Gasteiger partial charge in [0.05, 0.1) is 25.1 Å². The molecule has 1 saturated heterocycles. The van der Waals surface area contributed by atoms with Gasteiger partial charge in [-0.3, -0.25) is 4.57 Å². The van der Waals surface area contributed by atoms with Gasteiger partial charge >= 0.3 is 0 Å². The van der Waals surface area contributed by atoms with Crippen LogP contribution in [0.5, 0.6) is 0 Å². The van der Waals surface area contributed by atoms with Gasteiger partial charge in [0.15, 0.2) is 11.5 Å². The summed E-state index contributed by atoms with van der Waals surface area (Å²) in [4.78, 5) is 14.9. The molecule has 2 aromatic rings. The fourth-order valence-corrected chi connectivity index (χ4v) is 2.32. The Balaban J connectivity index is 1.96. The zero-order chi connectivity index (χ0) is 14.1. The van der Waals surface area contributed by atoms with E-state index in [9.17, 15) is 5.11 Å². The van der Waals surface area contributed by atoms with E-state index in [0.29, 0.717) is 17.6 Å². The summed E-state index contributed by atoms with van der Waals surface area (Å²) in [6.07, 6.45) is 2.38. The fraction of sp³-hybridized carbons (Fsp3) is 0.500. The van der Waals surface area contributed by atoms with Crippen molar-refractivity contribution in [2.45, 2.75) is 24.8 Å². The van der Waals surface area contributed by atoms with Crippen LogP contribution in [0.3, 0.4) is 0 Å². The number of anilines is 1. The van der Waals surface area contributed by atoms with Gasteiger partial charge in [0.2, 0.25) is 0 Å². The molecule has 0 amide bonds. The summed E-state index contributed by atoms with van der Waals surface area (Å²) >= 11 is 0. The molecule has 0 aliphatic carbocycles. The third-order valence-electron chi connectivity index (χ3n) is 3.28. The Kier molecular flexibility index (Phi) is 3.11. The summed E-state index contributed by atoms with van der Waals surface area (Å²) in [6.45, 7) is -0.218. The summed E-state index contributed by atoms with van der Waals surface area (Å²) in [5, 5.41) is 12.9. The topological polar surface area (TPSA) is 148 Å². The van der Waals surface area contributed by atoms with Crippen LogP contribution in [0, 0.1) is 0 Å². The van der Waals surface area contributed by atoms with Crippen molar-refractivity contribution in [3.05, 3.63) is 23.1 Å². The van der Waals surface area contributed by atoms with Gasteiger partial charge in [0, 0.05) is 11.3 Å². The van der Waals surface area contributed by atoms with E-state index in [0.717, 1.165) is 0 Å². The average molecular weight is 276 g/mol. The van der Waals surface area contributed by atoms with E-state index in [1.165, 1.54) is 6.33 Å². The lowest BCUT2D eigenvalue weighted by molar-refractivity contribution is -0.0233. The van der Waals surface area contributed by atoms with E-state index in [4.69, 9.17) is 16.0 Å². The van der Waals surface area contributed by atoms with Crippen molar-refractivity contribution in [1.29, 1.82) is 0 Å². The van der Waals surface area contributed by atoms with Crippen molar-refractivity contribution >= 4 is 17.0 Å². The number of nitrogens with zero attached hydrogens (tertiary/aromatic N) is 7. The number of fused-ring (bicyclic) bond motifs is 1. The number of azide groups is 1. The second-order valence-corrected chi connectivity index (χ2v) is 4.40. The van der Waals surface area contributed by atoms with Crippen molar-refractivity contribution in [3.8, 4) is 0 Å². The lowest BCUT2D eigenvalue weighted by Crippen LogP contribution is -2.22. The number of ether oxygens (including phenoxy) is 1. The molecule has 0 spiro atoms. The first-order valence-electron chi connectivity index (χ1n) is 5.98. The average Bonchev–Trinajstić information content (AvgIpc) is 3.03. The predicted octanol–water partition coefficient (Wildman–Crippen LogP) is 0.367. The third-order valence-corrected chi connectivity index (χ3v) is 3.28. The zero-order valence-electron chi connectivity index (χ0n) is 10.4. The Bertz CT molecular complexity index is 679. The first-order valence-corrected chi connectivity index (χ1v) is 5.98. The van der Waals surface area contributed by atoms with Crippen molar-refractivity contribution in [2.75, 3.05) is 12.3 Å². The smallest absolute Gasteiger partial charge is 0.167 e. The largest absolute Gasteiger partial charge is 0.394 e. The highest BCUT2D eigenvalue weighted by molar-refractivity contribution is 5.81. The maximum atomic E-state index is 9.26. The SMILES string of the molecule is [N-]=[N+]=N[C@H]1C[C@H](n2cnc3c(N)ncnc32)O[C@@H]1CO. The number of aromatic nitrogens is 4. The van der Waals surface area contributed by atoms with E-state index in [-0.39, 0.29) is 12.4 Å². The van der Waals surface area contributed by atoms with E-state index >= 15 is 0 Å². The molecule has 0 aromatic carbocycles. The Morgan fingerprint density at radius 2 is 2.40 bits per heavy atom. The molecular formula is C10H12N8O2. The molecule has 3 heterocycles. The van der Waals surface area contributed by atoms with Crippen molar-refractivity contribution < 1.29 is 9.84 Å². The summed E-state index contributed by atoms with van der Waals surface area (Å²) in [6, 6.07) is -0.424. The minimum absolute atomic E-state index is 0.218. The first-order chi connectivity index (χ1) is 9.74. The highest BCUT2D eigenvalue weighted by Gasteiger charge is 2.36. The van der Waals surface area contributed by atoms with Gasteiger partial charge in [-0.05, 0) is 5.53 Å². The monoisotopic (exact) mass is 276 g/mol. The molecule has 1 fully saturated rings. The Morgan fingerprint density at radius 1 is 1.55 bits per heavy atom. The maximum Gasteiger partial charge on any atom is 0.167 e. The van der Waals surface area contributed by atoms with Crippen LogP contribution in [-0.4, -0.2) is 43.4 Å². The number of aliphatic hydroxyl groups is 1. The molecule has 3 N–H and O–H groups in total. The summed E-state index contributed by atoms with van der Waals surface area (Å²) in [5.74, 6) is 0.289. The minimum Gasteiger partial charge on any atom is -0.394 e. The summed E-state index contributed by atoms with van der Waals surface area (Å²) in [5.41, 5.74) is 15.3. The lowest BCUT2D eigenvalue weighted by Gasteiger charge is -2.13. The van der Waals surface area contributed by atoms with Gasteiger partial charge in [0.25, 0.3) is 0 Å². The number of aliphatic hydroxyl groups excluding tert-OH is 1. The molecule has 2 aromatic heterocycles. The van der Waals surface area contributed by atoms with Gasteiger partial charge in [0.1, 0.15) is 18.1 Å². The van der Waals surface area contributed by atoms with Crippen LogP contribution in [-0.2, 0) is 4.74 Å². The van der Waals surface area contributed by atoms with Crippen LogP contribution in [0.25, 0.3) is 21.6 Å². The number of rotatable bonds is 3. The quantitative estimate of drug-likeness (QED) is 0.470. The molecule has 1 aliphatic heterocycles. The van der Waals surface area contributed by atoms with E-state index in [1.54, 1.807) is 10.9 Å². The number of imidazole rings is 1. The van der Waals surface area contributed by atoms with Crippen LogP contribution in [0.1, 0.15) is 12.6 Å². The molecule has 3 atom stereocenters. The molecule has 0 radical (unpaired) electrons. The van der Waals surface area contributed by atoms with Crippen LogP contribution in [0.4, 0.5) is 5.82 Å². The third kappa shape index (κ3) is 1.92. The van der Waals surface area contributed by atoms with Crippen LogP contribution in [0.2, 0.25) is 0 Å². The molecule has 20 heavy (non-hydrogen) atoms. The molecule has 3 rings (SSSR count).